The fourth-order valence-corrected chi connectivity index (χ4v) is 0.999. The minimum atomic E-state index is -0.246. The highest BCUT2D eigenvalue weighted by Gasteiger charge is 2.06. The van der Waals surface area contributed by atoms with Gasteiger partial charge in [-0.3, -0.25) is 4.79 Å². The summed E-state index contributed by atoms with van der Waals surface area (Å²) in [6.07, 6.45) is 0. The van der Waals surface area contributed by atoms with E-state index < -0.39 is 0 Å². The molecule has 0 aliphatic heterocycles. The zero-order chi connectivity index (χ0) is 11.1. The number of amides is 1. The first-order chi connectivity index (χ1) is 7.27. The van der Waals surface area contributed by atoms with Crippen molar-refractivity contribution >= 4 is 11.7 Å². The van der Waals surface area contributed by atoms with Gasteiger partial charge in [-0.1, -0.05) is 6.07 Å². The van der Waals surface area contributed by atoms with Crippen LogP contribution in [0.2, 0.25) is 0 Å². The zero-order valence-electron chi connectivity index (χ0n) is 8.49. The van der Waals surface area contributed by atoms with Crippen LogP contribution in [0.15, 0.2) is 18.2 Å². The van der Waals surface area contributed by atoms with Gasteiger partial charge in [-0.05, 0) is 12.1 Å². The molecule has 0 aliphatic rings. The Hall–Kier alpha value is -1.66. The number of methoxy groups -OCH3 is 1. The first-order valence-corrected chi connectivity index (χ1v) is 4.48. The molecule has 0 unspecified atom stereocenters. The Morgan fingerprint density at radius 1 is 1.60 bits per heavy atom. The summed E-state index contributed by atoms with van der Waals surface area (Å²) in [7, 11) is 1.57. The highest BCUT2D eigenvalue weighted by atomic mass is 16.5. The Kier molecular flexibility index (Phi) is 4.52. The molecule has 6 nitrogen and oxygen atoms in total. The Morgan fingerprint density at radius 3 is 3.07 bits per heavy atom. The van der Waals surface area contributed by atoms with Crippen molar-refractivity contribution in [2.45, 2.75) is 0 Å². The Labute approximate surface area is 87.8 Å². The maximum atomic E-state index is 11.5. The van der Waals surface area contributed by atoms with Crippen LogP contribution in [-0.4, -0.2) is 31.2 Å². The summed E-state index contributed by atoms with van der Waals surface area (Å²) in [4.78, 5) is 15.5. The molecule has 0 aromatic carbocycles. The molecule has 15 heavy (non-hydrogen) atoms. The molecule has 0 spiro atoms. The minimum absolute atomic E-state index is 0.246. The highest BCUT2D eigenvalue weighted by molar-refractivity contribution is 5.92. The number of nitrogens with one attached hydrogen (secondary N) is 2. The standard InChI is InChI=1S/C9H14N4O2/c1-15-6-5-11-9(14)7-3-2-4-8(12-7)13-10/h2-4H,5-6,10H2,1H3,(H,11,14)(H,12,13). The molecule has 0 saturated carbocycles. The number of nitrogens with two attached hydrogens (primary N) is 1. The van der Waals surface area contributed by atoms with E-state index >= 15 is 0 Å². The number of aromatic nitrogens is 1. The van der Waals surface area contributed by atoms with Crippen LogP contribution < -0.4 is 16.6 Å². The normalized spacial score (nSPS) is 9.73. The number of anilines is 1. The van der Waals surface area contributed by atoms with Gasteiger partial charge in [0.1, 0.15) is 11.5 Å². The smallest absolute Gasteiger partial charge is 0.270 e. The lowest BCUT2D eigenvalue weighted by molar-refractivity contribution is 0.0932. The van der Waals surface area contributed by atoms with Crippen molar-refractivity contribution in [2.24, 2.45) is 5.84 Å². The molecule has 82 valence electrons. The third kappa shape index (κ3) is 3.53. The maximum Gasteiger partial charge on any atom is 0.270 e. The molecular formula is C9H14N4O2. The molecule has 1 amide bonds. The van der Waals surface area contributed by atoms with Crippen LogP contribution in [0.1, 0.15) is 10.5 Å². The lowest BCUT2D eigenvalue weighted by atomic mass is 10.3. The molecule has 1 aromatic rings. The summed E-state index contributed by atoms with van der Waals surface area (Å²) in [5.41, 5.74) is 2.69. The largest absolute Gasteiger partial charge is 0.383 e. The molecule has 6 heteroatoms. The van der Waals surface area contributed by atoms with Gasteiger partial charge in [-0.15, -0.1) is 0 Å². The zero-order valence-corrected chi connectivity index (χ0v) is 8.49. The van der Waals surface area contributed by atoms with Crippen LogP contribution in [0.5, 0.6) is 0 Å². The van der Waals surface area contributed by atoms with Gasteiger partial charge in [0.2, 0.25) is 0 Å². The van der Waals surface area contributed by atoms with Crippen molar-refractivity contribution in [1.82, 2.24) is 10.3 Å². The van der Waals surface area contributed by atoms with Crippen LogP contribution in [0.25, 0.3) is 0 Å². The third-order valence-electron chi connectivity index (χ3n) is 1.72. The summed E-state index contributed by atoms with van der Waals surface area (Å²) < 4.78 is 4.81. The minimum Gasteiger partial charge on any atom is -0.383 e. The molecule has 0 bridgehead atoms. The van der Waals surface area contributed by atoms with E-state index in [2.05, 4.69) is 15.7 Å². The van der Waals surface area contributed by atoms with Gasteiger partial charge in [0.25, 0.3) is 5.91 Å². The van der Waals surface area contributed by atoms with E-state index in [0.717, 1.165) is 0 Å². The highest BCUT2D eigenvalue weighted by Crippen LogP contribution is 2.02. The monoisotopic (exact) mass is 210 g/mol. The van der Waals surface area contributed by atoms with E-state index in [4.69, 9.17) is 10.6 Å². The van der Waals surface area contributed by atoms with E-state index in [1.807, 2.05) is 0 Å². The summed E-state index contributed by atoms with van der Waals surface area (Å²) >= 11 is 0. The summed E-state index contributed by atoms with van der Waals surface area (Å²) in [5.74, 6) is 5.38. The van der Waals surface area contributed by atoms with Gasteiger partial charge in [-0.25, -0.2) is 10.8 Å². The maximum absolute atomic E-state index is 11.5. The molecular weight excluding hydrogens is 196 g/mol. The first-order valence-electron chi connectivity index (χ1n) is 4.48. The predicted molar refractivity (Wildman–Crippen MR) is 56.3 cm³/mol. The number of hydrogen-bond acceptors (Lipinski definition) is 5. The fraction of sp³-hybridized carbons (Fsp3) is 0.333. The second-order valence-electron chi connectivity index (χ2n) is 2.80. The number of nitrogen functional groups attached to an aromatic ring is 1. The van der Waals surface area contributed by atoms with E-state index in [-0.39, 0.29) is 5.91 Å². The summed E-state index contributed by atoms with van der Waals surface area (Å²) in [6, 6.07) is 4.99. The number of carbonyl (C=O) groups excluding carboxylic acids is 1. The lowest BCUT2D eigenvalue weighted by Gasteiger charge is -2.05. The second-order valence-corrected chi connectivity index (χ2v) is 2.80. The van der Waals surface area contributed by atoms with Crippen LogP contribution in [0.3, 0.4) is 0 Å². The third-order valence-corrected chi connectivity index (χ3v) is 1.72. The van der Waals surface area contributed by atoms with Crippen molar-refractivity contribution in [1.29, 1.82) is 0 Å². The molecule has 0 fully saturated rings. The lowest BCUT2D eigenvalue weighted by Crippen LogP contribution is -2.28. The molecule has 1 rings (SSSR count). The molecule has 0 aliphatic carbocycles. The van der Waals surface area contributed by atoms with Crippen molar-refractivity contribution in [3.8, 4) is 0 Å². The summed E-state index contributed by atoms with van der Waals surface area (Å²) in [5, 5.41) is 2.66. The summed E-state index contributed by atoms with van der Waals surface area (Å²) in [6.45, 7) is 0.928. The van der Waals surface area contributed by atoms with E-state index in [0.29, 0.717) is 24.7 Å². The SMILES string of the molecule is COCCNC(=O)c1cccc(NN)n1. The topological polar surface area (TPSA) is 89.3 Å². The number of pyridine rings is 1. The van der Waals surface area contributed by atoms with E-state index in [1.165, 1.54) is 0 Å². The molecule has 0 radical (unpaired) electrons. The molecule has 4 N–H and O–H groups in total. The average molecular weight is 210 g/mol. The van der Waals surface area contributed by atoms with Crippen LogP contribution in [0.4, 0.5) is 5.82 Å². The second kappa shape index (κ2) is 5.94. The van der Waals surface area contributed by atoms with Gasteiger partial charge in [0.05, 0.1) is 6.61 Å². The van der Waals surface area contributed by atoms with Crippen molar-refractivity contribution in [3.63, 3.8) is 0 Å². The number of carbonyl (C=O) groups is 1. The molecule has 0 saturated heterocycles. The number of rotatable bonds is 5. The number of ether oxygens (including phenoxy) is 1. The van der Waals surface area contributed by atoms with Crippen LogP contribution in [-0.2, 0) is 4.74 Å². The Bertz CT molecular complexity index is 330. The average Bonchev–Trinajstić information content (AvgIpc) is 2.29. The Balaban J connectivity index is 2.57. The fourth-order valence-electron chi connectivity index (χ4n) is 0.999. The van der Waals surface area contributed by atoms with Crippen molar-refractivity contribution in [3.05, 3.63) is 23.9 Å². The molecule has 0 atom stereocenters. The van der Waals surface area contributed by atoms with Crippen LogP contribution in [0, 0.1) is 0 Å². The Morgan fingerprint density at radius 2 is 2.40 bits per heavy atom. The number of hydrogen-bond donors (Lipinski definition) is 3. The van der Waals surface area contributed by atoms with Gasteiger partial charge >= 0.3 is 0 Å². The number of hydrazine groups is 1. The number of nitrogens with zero attached hydrogens (tertiary/aromatic N) is 1. The first kappa shape index (κ1) is 11.4. The van der Waals surface area contributed by atoms with Crippen LogP contribution >= 0.6 is 0 Å². The molecule has 1 aromatic heterocycles. The van der Waals surface area contributed by atoms with Crippen molar-refractivity contribution in [2.75, 3.05) is 25.7 Å². The van der Waals surface area contributed by atoms with Crippen molar-refractivity contribution < 1.29 is 9.53 Å². The van der Waals surface area contributed by atoms with Gasteiger partial charge in [-0.2, -0.15) is 0 Å². The quantitative estimate of drug-likeness (QED) is 0.354. The van der Waals surface area contributed by atoms with Gasteiger partial charge in [0, 0.05) is 13.7 Å². The van der Waals surface area contributed by atoms with Gasteiger partial charge in [0.15, 0.2) is 0 Å². The van der Waals surface area contributed by atoms with E-state index in [9.17, 15) is 4.79 Å². The van der Waals surface area contributed by atoms with E-state index in [1.54, 1.807) is 25.3 Å². The molecule has 1 heterocycles. The predicted octanol–water partition coefficient (Wildman–Crippen LogP) is -0.257. The van der Waals surface area contributed by atoms with Gasteiger partial charge < -0.3 is 15.5 Å².